The summed E-state index contributed by atoms with van der Waals surface area (Å²) in [5, 5.41) is 13.2. The quantitative estimate of drug-likeness (QED) is 0.934. The van der Waals surface area contributed by atoms with Crippen LogP contribution >= 0.6 is 0 Å². The minimum Gasteiger partial charge on any atom is -0.392 e. The second kappa shape index (κ2) is 5.38. The van der Waals surface area contributed by atoms with E-state index in [4.69, 9.17) is 0 Å². The molecule has 0 aliphatic rings. The molecule has 6 heteroatoms. The minimum atomic E-state index is -3.35. The molecular weight excluding hydrogens is 276 g/mol. The second-order valence-electron chi connectivity index (χ2n) is 4.75. The second-order valence-corrected chi connectivity index (χ2v) is 6.86. The van der Waals surface area contributed by atoms with Crippen LogP contribution in [0.3, 0.4) is 0 Å². The van der Waals surface area contributed by atoms with Crippen LogP contribution in [0.4, 0.5) is 0 Å². The van der Waals surface area contributed by atoms with Gasteiger partial charge in [-0.2, -0.15) is 9.19 Å². The average Bonchev–Trinajstić information content (AvgIpc) is 2.88. The van der Waals surface area contributed by atoms with E-state index in [-0.39, 0.29) is 12.4 Å². The molecule has 1 aromatic carbocycles. The monoisotopic (exact) mass is 294 g/mol. The number of hydrogen-bond acceptors (Lipinski definition) is 4. The van der Waals surface area contributed by atoms with Crippen LogP contribution in [0.15, 0.2) is 24.5 Å². The smallest absolute Gasteiger partial charge is 0.253 e. The number of aliphatic hydroxyl groups is 1. The summed E-state index contributed by atoms with van der Waals surface area (Å²) >= 11 is 0. The van der Waals surface area contributed by atoms with E-state index in [1.54, 1.807) is 13.1 Å². The SMILES string of the molecule is CCS(=O)(=O)n1cc(-c2cc(C)c(CO)c(C)c2)cn1. The maximum Gasteiger partial charge on any atom is 0.253 e. The van der Waals surface area contributed by atoms with Crippen molar-refractivity contribution >= 4 is 10.0 Å². The molecule has 0 atom stereocenters. The summed E-state index contributed by atoms with van der Waals surface area (Å²) in [6, 6.07) is 3.86. The van der Waals surface area contributed by atoms with Gasteiger partial charge in [0.15, 0.2) is 0 Å². The van der Waals surface area contributed by atoms with Crippen LogP contribution in [0.2, 0.25) is 0 Å². The predicted octanol–water partition coefficient (Wildman–Crippen LogP) is 1.86. The zero-order valence-corrected chi connectivity index (χ0v) is 12.6. The molecule has 108 valence electrons. The fourth-order valence-electron chi connectivity index (χ4n) is 2.15. The molecule has 0 fully saturated rings. The Labute approximate surface area is 118 Å². The highest BCUT2D eigenvalue weighted by Gasteiger charge is 2.13. The van der Waals surface area contributed by atoms with Crippen molar-refractivity contribution < 1.29 is 13.5 Å². The number of nitrogens with zero attached hydrogens (tertiary/aromatic N) is 2. The third-order valence-electron chi connectivity index (χ3n) is 3.40. The van der Waals surface area contributed by atoms with E-state index in [1.165, 1.54) is 6.20 Å². The Balaban J connectivity index is 2.49. The highest BCUT2D eigenvalue weighted by atomic mass is 32.2. The molecule has 0 spiro atoms. The molecular formula is C14H18N2O3S. The van der Waals surface area contributed by atoms with E-state index < -0.39 is 10.0 Å². The van der Waals surface area contributed by atoms with E-state index in [9.17, 15) is 13.5 Å². The number of benzene rings is 1. The fourth-order valence-corrected chi connectivity index (χ4v) is 2.88. The molecule has 20 heavy (non-hydrogen) atoms. The molecule has 0 unspecified atom stereocenters. The van der Waals surface area contributed by atoms with Gasteiger partial charge in [-0.1, -0.05) is 12.1 Å². The van der Waals surface area contributed by atoms with Crippen LogP contribution in [0.1, 0.15) is 23.6 Å². The molecule has 5 nitrogen and oxygen atoms in total. The average molecular weight is 294 g/mol. The molecule has 0 bridgehead atoms. The van der Waals surface area contributed by atoms with Gasteiger partial charge in [0.05, 0.1) is 24.8 Å². The Kier molecular flexibility index (Phi) is 3.96. The van der Waals surface area contributed by atoms with E-state index in [0.717, 1.165) is 31.9 Å². The summed E-state index contributed by atoms with van der Waals surface area (Å²) in [6.45, 7) is 5.44. The standard InChI is InChI=1S/C14H18N2O3S/c1-4-20(18,19)16-8-13(7-15-16)12-5-10(2)14(9-17)11(3)6-12/h5-8,17H,4,9H2,1-3H3. The molecule has 0 saturated heterocycles. The van der Waals surface area contributed by atoms with Crippen LogP contribution in [0.25, 0.3) is 11.1 Å². The van der Waals surface area contributed by atoms with Crippen LogP contribution < -0.4 is 0 Å². The minimum absolute atomic E-state index is 0.00141. The van der Waals surface area contributed by atoms with Crippen molar-refractivity contribution in [3.8, 4) is 11.1 Å². The number of aliphatic hydroxyl groups excluding tert-OH is 1. The van der Waals surface area contributed by atoms with Gasteiger partial charge in [-0.05, 0) is 43.0 Å². The summed E-state index contributed by atoms with van der Waals surface area (Å²) in [5.74, 6) is 0.00955. The normalized spacial score (nSPS) is 11.8. The van der Waals surface area contributed by atoms with Crippen molar-refractivity contribution in [2.45, 2.75) is 27.4 Å². The van der Waals surface area contributed by atoms with Crippen molar-refractivity contribution in [2.75, 3.05) is 5.75 Å². The third-order valence-corrected chi connectivity index (χ3v) is 4.90. The first-order valence-electron chi connectivity index (χ1n) is 6.38. The largest absolute Gasteiger partial charge is 0.392 e. The molecule has 0 saturated carbocycles. The molecule has 0 radical (unpaired) electrons. The maximum atomic E-state index is 11.7. The molecule has 0 aliphatic heterocycles. The zero-order chi connectivity index (χ0) is 14.9. The van der Waals surface area contributed by atoms with Crippen LogP contribution in [0, 0.1) is 13.8 Å². The van der Waals surface area contributed by atoms with Crippen molar-refractivity contribution in [3.05, 3.63) is 41.2 Å². The van der Waals surface area contributed by atoms with Gasteiger partial charge >= 0.3 is 0 Å². The van der Waals surface area contributed by atoms with E-state index in [1.807, 2.05) is 26.0 Å². The van der Waals surface area contributed by atoms with E-state index >= 15 is 0 Å². The van der Waals surface area contributed by atoms with Crippen molar-refractivity contribution in [3.63, 3.8) is 0 Å². The van der Waals surface area contributed by atoms with Crippen LogP contribution in [-0.4, -0.2) is 28.5 Å². The van der Waals surface area contributed by atoms with Gasteiger partial charge in [0.2, 0.25) is 0 Å². The Bertz CT molecular complexity index is 710. The van der Waals surface area contributed by atoms with Crippen LogP contribution in [-0.2, 0) is 16.6 Å². The molecule has 1 heterocycles. The lowest BCUT2D eigenvalue weighted by molar-refractivity contribution is 0.280. The van der Waals surface area contributed by atoms with Crippen molar-refractivity contribution in [1.82, 2.24) is 9.19 Å². The predicted molar refractivity (Wildman–Crippen MR) is 77.9 cm³/mol. The van der Waals surface area contributed by atoms with Gasteiger partial charge in [-0.3, -0.25) is 0 Å². The Morgan fingerprint density at radius 3 is 2.30 bits per heavy atom. The van der Waals surface area contributed by atoms with Crippen LogP contribution in [0.5, 0.6) is 0 Å². The lowest BCUT2D eigenvalue weighted by Gasteiger charge is -2.09. The Hall–Kier alpha value is -1.66. The Morgan fingerprint density at radius 1 is 1.20 bits per heavy atom. The van der Waals surface area contributed by atoms with Crippen molar-refractivity contribution in [1.29, 1.82) is 0 Å². The number of hydrogen-bond donors (Lipinski definition) is 1. The lowest BCUT2D eigenvalue weighted by atomic mass is 9.97. The number of rotatable bonds is 4. The first-order chi connectivity index (χ1) is 9.39. The van der Waals surface area contributed by atoms with Gasteiger partial charge in [0.1, 0.15) is 0 Å². The lowest BCUT2D eigenvalue weighted by Crippen LogP contribution is -2.14. The van der Waals surface area contributed by atoms with Gasteiger partial charge in [-0.25, -0.2) is 8.42 Å². The molecule has 0 amide bonds. The molecule has 1 N–H and O–H groups in total. The Morgan fingerprint density at radius 2 is 1.80 bits per heavy atom. The number of aryl methyl sites for hydroxylation is 2. The summed E-state index contributed by atoms with van der Waals surface area (Å²) < 4.78 is 24.5. The molecule has 1 aromatic heterocycles. The van der Waals surface area contributed by atoms with Gasteiger partial charge < -0.3 is 5.11 Å². The summed E-state index contributed by atoms with van der Waals surface area (Å²) in [6.07, 6.45) is 3.06. The van der Waals surface area contributed by atoms with Gasteiger partial charge in [0.25, 0.3) is 10.0 Å². The topological polar surface area (TPSA) is 72.2 Å². The first-order valence-corrected chi connectivity index (χ1v) is 7.99. The highest BCUT2D eigenvalue weighted by molar-refractivity contribution is 7.89. The first kappa shape index (κ1) is 14.7. The molecule has 2 aromatic rings. The summed E-state index contributed by atoms with van der Waals surface area (Å²) in [7, 11) is -3.35. The summed E-state index contributed by atoms with van der Waals surface area (Å²) in [4.78, 5) is 0. The molecule has 2 rings (SSSR count). The van der Waals surface area contributed by atoms with Gasteiger partial charge in [-0.15, -0.1) is 0 Å². The van der Waals surface area contributed by atoms with E-state index in [2.05, 4.69) is 5.10 Å². The summed E-state index contributed by atoms with van der Waals surface area (Å²) in [5.41, 5.74) is 4.51. The van der Waals surface area contributed by atoms with Crippen molar-refractivity contribution in [2.24, 2.45) is 0 Å². The number of aromatic nitrogens is 2. The highest BCUT2D eigenvalue weighted by Crippen LogP contribution is 2.25. The fraction of sp³-hybridized carbons (Fsp3) is 0.357. The maximum absolute atomic E-state index is 11.7. The van der Waals surface area contributed by atoms with Gasteiger partial charge in [0, 0.05) is 5.56 Å². The van der Waals surface area contributed by atoms with E-state index in [0.29, 0.717) is 0 Å². The molecule has 0 aliphatic carbocycles. The third kappa shape index (κ3) is 2.62. The zero-order valence-electron chi connectivity index (χ0n) is 11.8.